The van der Waals surface area contributed by atoms with Gasteiger partial charge >= 0.3 is 6.18 Å². The third kappa shape index (κ3) is 4.88. The monoisotopic (exact) mass is 361 g/mol. The summed E-state index contributed by atoms with van der Waals surface area (Å²) in [5.74, 6) is 0.608. The van der Waals surface area contributed by atoms with E-state index in [0.717, 1.165) is 12.1 Å². The summed E-state index contributed by atoms with van der Waals surface area (Å²) >= 11 is 5.74. The lowest BCUT2D eigenvalue weighted by atomic mass is 10.0. The number of halogens is 4. The van der Waals surface area contributed by atoms with Crippen molar-refractivity contribution in [2.24, 2.45) is 4.99 Å². The number of benzene rings is 1. The van der Waals surface area contributed by atoms with Crippen LogP contribution in [0, 0.1) is 0 Å². The number of nitrogens with one attached hydrogen (secondary N) is 1. The zero-order valence-electron chi connectivity index (χ0n) is 13.2. The fourth-order valence-electron chi connectivity index (χ4n) is 2.47. The number of nitrogens with zero attached hydrogens (tertiary/aromatic N) is 2. The molecule has 1 fully saturated rings. The van der Waals surface area contributed by atoms with Crippen LogP contribution in [-0.2, 0) is 10.9 Å². The van der Waals surface area contributed by atoms with Crippen molar-refractivity contribution < 1.29 is 17.9 Å². The molecule has 0 bridgehead atoms. The van der Waals surface area contributed by atoms with Crippen LogP contribution in [0.1, 0.15) is 17.2 Å². The third-order valence-corrected chi connectivity index (χ3v) is 3.74. The molecule has 1 saturated heterocycles. The molecule has 24 heavy (non-hydrogen) atoms. The largest absolute Gasteiger partial charge is 0.416 e. The molecule has 1 N–H and O–H groups in total. The molecule has 1 aromatic carbocycles. The molecule has 1 aromatic rings. The van der Waals surface area contributed by atoms with Crippen molar-refractivity contribution in [3.05, 3.63) is 47.0 Å². The van der Waals surface area contributed by atoms with Crippen molar-refractivity contribution in [1.29, 1.82) is 0 Å². The van der Waals surface area contributed by atoms with E-state index in [2.05, 4.69) is 16.9 Å². The smallest absolute Gasteiger partial charge is 0.370 e. The minimum atomic E-state index is -4.37. The SMILES string of the molecule is C=C(Cl)CNC(=NC)N1CCOC(c2cccc(C(F)(F)F)c2)C1. The predicted molar refractivity (Wildman–Crippen MR) is 88.1 cm³/mol. The van der Waals surface area contributed by atoms with Crippen LogP contribution in [0.2, 0.25) is 0 Å². The standard InChI is InChI=1S/C16H19ClF3N3O/c1-11(17)9-22-15(21-2)23-6-7-24-14(10-23)12-4-3-5-13(8-12)16(18,19)20/h3-5,8,14H,1,6-7,9-10H2,2H3,(H,21,22). The van der Waals surface area contributed by atoms with E-state index in [9.17, 15) is 13.2 Å². The van der Waals surface area contributed by atoms with Gasteiger partial charge in [-0.15, -0.1) is 0 Å². The predicted octanol–water partition coefficient (Wildman–Crippen LogP) is 3.41. The van der Waals surface area contributed by atoms with Gasteiger partial charge in [0, 0.05) is 18.6 Å². The topological polar surface area (TPSA) is 36.9 Å². The van der Waals surface area contributed by atoms with Gasteiger partial charge in [0.15, 0.2) is 5.96 Å². The first kappa shape index (κ1) is 18.6. The molecule has 4 nitrogen and oxygen atoms in total. The van der Waals surface area contributed by atoms with E-state index in [1.807, 2.05) is 4.90 Å². The van der Waals surface area contributed by atoms with Crippen molar-refractivity contribution in [3.63, 3.8) is 0 Å². The summed E-state index contributed by atoms with van der Waals surface area (Å²) < 4.78 is 44.3. The van der Waals surface area contributed by atoms with Crippen molar-refractivity contribution in [2.75, 3.05) is 33.3 Å². The highest BCUT2D eigenvalue weighted by Gasteiger charge is 2.32. The van der Waals surface area contributed by atoms with Crippen LogP contribution < -0.4 is 5.32 Å². The maximum absolute atomic E-state index is 12.9. The molecule has 0 amide bonds. The fourth-order valence-corrected chi connectivity index (χ4v) is 2.53. The second-order valence-electron chi connectivity index (χ2n) is 5.35. The molecular weight excluding hydrogens is 343 g/mol. The van der Waals surface area contributed by atoms with Gasteiger partial charge in [-0.2, -0.15) is 13.2 Å². The van der Waals surface area contributed by atoms with Crippen molar-refractivity contribution in [1.82, 2.24) is 10.2 Å². The highest BCUT2D eigenvalue weighted by molar-refractivity contribution is 6.29. The van der Waals surface area contributed by atoms with Crippen LogP contribution in [0.3, 0.4) is 0 Å². The summed E-state index contributed by atoms with van der Waals surface area (Å²) in [6.45, 7) is 5.34. The molecule has 8 heteroatoms. The Morgan fingerprint density at radius 1 is 1.50 bits per heavy atom. The van der Waals surface area contributed by atoms with Crippen LogP contribution in [-0.4, -0.2) is 44.1 Å². The van der Waals surface area contributed by atoms with Gasteiger partial charge in [-0.3, -0.25) is 4.99 Å². The summed E-state index contributed by atoms with van der Waals surface area (Å²) in [5.41, 5.74) is -0.187. The molecular formula is C16H19ClF3N3O. The van der Waals surface area contributed by atoms with Crippen molar-refractivity contribution in [2.45, 2.75) is 12.3 Å². The summed E-state index contributed by atoms with van der Waals surface area (Å²) in [7, 11) is 1.63. The maximum Gasteiger partial charge on any atom is 0.416 e. The van der Waals surface area contributed by atoms with E-state index in [-0.39, 0.29) is 0 Å². The first-order valence-corrected chi connectivity index (χ1v) is 7.76. The maximum atomic E-state index is 12.9. The highest BCUT2D eigenvalue weighted by atomic mass is 35.5. The van der Waals surface area contributed by atoms with Crippen LogP contribution in [0.4, 0.5) is 13.2 Å². The molecule has 0 spiro atoms. The Hall–Kier alpha value is -1.73. The zero-order chi connectivity index (χ0) is 17.7. The average Bonchev–Trinajstić information content (AvgIpc) is 2.55. The second kappa shape index (κ2) is 7.90. The second-order valence-corrected chi connectivity index (χ2v) is 5.88. The van der Waals surface area contributed by atoms with Gasteiger partial charge in [0.25, 0.3) is 0 Å². The lowest BCUT2D eigenvalue weighted by molar-refractivity contribution is -0.137. The minimum Gasteiger partial charge on any atom is -0.370 e. The molecule has 1 atom stereocenters. The number of guanidine groups is 1. The van der Waals surface area contributed by atoms with Gasteiger partial charge in [-0.1, -0.05) is 30.3 Å². The van der Waals surface area contributed by atoms with Crippen molar-refractivity contribution in [3.8, 4) is 0 Å². The number of rotatable bonds is 3. The first-order chi connectivity index (χ1) is 11.3. The van der Waals surface area contributed by atoms with Crippen LogP contribution in [0.15, 0.2) is 40.9 Å². The van der Waals surface area contributed by atoms with E-state index < -0.39 is 17.8 Å². The van der Waals surface area contributed by atoms with E-state index in [4.69, 9.17) is 16.3 Å². The Balaban J connectivity index is 2.11. The van der Waals surface area contributed by atoms with E-state index in [1.165, 1.54) is 6.07 Å². The number of hydrogen-bond donors (Lipinski definition) is 1. The average molecular weight is 362 g/mol. The minimum absolute atomic E-state index is 0.361. The Labute approximate surface area is 144 Å². The quantitative estimate of drug-likeness (QED) is 0.662. The molecule has 1 aliphatic heterocycles. The normalized spacial score (nSPS) is 19.3. The highest BCUT2D eigenvalue weighted by Crippen LogP contribution is 2.32. The summed E-state index contributed by atoms with van der Waals surface area (Å²) in [4.78, 5) is 6.09. The third-order valence-electron chi connectivity index (χ3n) is 3.60. The number of morpholine rings is 1. The van der Waals surface area contributed by atoms with E-state index >= 15 is 0 Å². The van der Waals surface area contributed by atoms with Crippen LogP contribution in [0.5, 0.6) is 0 Å². The molecule has 1 aliphatic rings. The van der Waals surface area contributed by atoms with E-state index in [0.29, 0.717) is 42.8 Å². The Morgan fingerprint density at radius 3 is 2.88 bits per heavy atom. The number of hydrogen-bond acceptors (Lipinski definition) is 2. The van der Waals surface area contributed by atoms with Gasteiger partial charge < -0.3 is 15.0 Å². The van der Waals surface area contributed by atoms with Gasteiger partial charge in [0.05, 0.1) is 25.3 Å². The number of ether oxygens (including phenoxy) is 1. The molecule has 0 radical (unpaired) electrons. The number of aliphatic imine (C=N–C) groups is 1. The molecule has 0 aromatic heterocycles. The zero-order valence-corrected chi connectivity index (χ0v) is 14.0. The summed E-state index contributed by atoms with van der Waals surface area (Å²) in [5, 5.41) is 3.50. The van der Waals surface area contributed by atoms with Gasteiger partial charge in [0.1, 0.15) is 6.10 Å². The summed E-state index contributed by atoms with van der Waals surface area (Å²) in [6.07, 6.45) is -4.83. The lowest BCUT2D eigenvalue weighted by Gasteiger charge is -2.35. The van der Waals surface area contributed by atoms with Crippen LogP contribution in [0.25, 0.3) is 0 Å². The fraction of sp³-hybridized carbons (Fsp3) is 0.438. The van der Waals surface area contributed by atoms with Gasteiger partial charge in [-0.25, -0.2) is 0 Å². The Bertz CT molecular complexity index is 619. The molecule has 0 saturated carbocycles. The van der Waals surface area contributed by atoms with E-state index in [1.54, 1.807) is 13.1 Å². The number of alkyl halides is 3. The molecule has 2 rings (SSSR count). The molecule has 1 heterocycles. The molecule has 132 valence electrons. The first-order valence-electron chi connectivity index (χ1n) is 7.39. The van der Waals surface area contributed by atoms with Crippen LogP contribution >= 0.6 is 11.6 Å². The molecule has 1 unspecified atom stereocenters. The van der Waals surface area contributed by atoms with Gasteiger partial charge in [0.2, 0.25) is 0 Å². The summed E-state index contributed by atoms with van der Waals surface area (Å²) in [6, 6.07) is 5.22. The Morgan fingerprint density at radius 2 is 2.25 bits per heavy atom. The van der Waals surface area contributed by atoms with Gasteiger partial charge in [-0.05, 0) is 17.7 Å². The van der Waals surface area contributed by atoms with Crippen molar-refractivity contribution >= 4 is 17.6 Å². The lowest BCUT2D eigenvalue weighted by Crippen LogP contribution is -2.48. The Kier molecular flexibility index (Phi) is 6.12. The molecule has 0 aliphatic carbocycles.